The fourth-order valence-corrected chi connectivity index (χ4v) is 0.415. The molecule has 0 saturated carbocycles. The van der Waals surface area contributed by atoms with E-state index in [2.05, 4.69) is 0 Å². The van der Waals surface area contributed by atoms with Crippen molar-refractivity contribution >= 4 is 37.2 Å². The van der Waals surface area contributed by atoms with Gasteiger partial charge in [0.25, 0.3) is 0 Å². The SMILES string of the molecule is Cl.Cl.Cl.Fc1ccccc1. The van der Waals surface area contributed by atoms with Crippen LogP contribution in [0.2, 0.25) is 0 Å². The van der Waals surface area contributed by atoms with E-state index in [0.717, 1.165) is 0 Å². The summed E-state index contributed by atoms with van der Waals surface area (Å²) < 4.78 is 11.9. The Kier molecular flexibility index (Phi) is 14.9. The topological polar surface area (TPSA) is 0 Å². The quantitative estimate of drug-likeness (QED) is 0.611. The highest BCUT2D eigenvalue weighted by atomic mass is 35.5. The minimum absolute atomic E-state index is 0. The first-order valence-electron chi connectivity index (χ1n) is 2.10. The van der Waals surface area contributed by atoms with E-state index in [-0.39, 0.29) is 43.0 Å². The number of hydrogen-bond donors (Lipinski definition) is 0. The van der Waals surface area contributed by atoms with Crippen LogP contribution in [0.1, 0.15) is 0 Å². The normalized spacial score (nSPS) is 6.10. The highest BCUT2D eigenvalue weighted by Crippen LogP contribution is 1.91. The molecular weight excluding hydrogens is 197 g/mol. The van der Waals surface area contributed by atoms with Crippen molar-refractivity contribution in [2.24, 2.45) is 0 Å². The zero-order chi connectivity index (χ0) is 5.11. The lowest BCUT2D eigenvalue weighted by molar-refractivity contribution is 0.628. The van der Waals surface area contributed by atoms with Gasteiger partial charge in [0.05, 0.1) is 0 Å². The van der Waals surface area contributed by atoms with E-state index < -0.39 is 0 Å². The van der Waals surface area contributed by atoms with Crippen LogP contribution in [-0.4, -0.2) is 0 Å². The van der Waals surface area contributed by atoms with Gasteiger partial charge in [0.2, 0.25) is 0 Å². The molecule has 1 aromatic rings. The molecular formula is C6H8Cl3F. The van der Waals surface area contributed by atoms with E-state index in [9.17, 15) is 4.39 Å². The van der Waals surface area contributed by atoms with E-state index in [1.807, 2.05) is 0 Å². The molecule has 0 N–H and O–H groups in total. The number of hydrogen-bond acceptors (Lipinski definition) is 0. The van der Waals surface area contributed by atoms with Crippen LogP contribution in [0.25, 0.3) is 0 Å². The Balaban J connectivity index is -0.000000163. The maximum atomic E-state index is 11.9. The zero-order valence-electron chi connectivity index (χ0n) is 4.99. The Morgan fingerprint density at radius 2 is 1.20 bits per heavy atom. The van der Waals surface area contributed by atoms with Crippen LogP contribution >= 0.6 is 37.2 Å². The van der Waals surface area contributed by atoms with Gasteiger partial charge in [0, 0.05) is 0 Å². The summed E-state index contributed by atoms with van der Waals surface area (Å²) >= 11 is 0. The molecule has 0 aliphatic carbocycles. The smallest absolute Gasteiger partial charge is 0.123 e. The van der Waals surface area contributed by atoms with Gasteiger partial charge in [-0.2, -0.15) is 0 Å². The van der Waals surface area contributed by atoms with Crippen molar-refractivity contribution in [3.63, 3.8) is 0 Å². The second kappa shape index (κ2) is 9.02. The van der Waals surface area contributed by atoms with Crippen LogP contribution in [0.5, 0.6) is 0 Å². The lowest BCUT2D eigenvalue weighted by Gasteiger charge is -1.78. The molecule has 0 aromatic heterocycles. The molecule has 0 saturated heterocycles. The molecule has 60 valence electrons. The van der Waals surface area contributed by atoms with Gasteiger partial charge in [0.15, 0.2) is 0 Å². The molecule has 0 aliphatic heterocycles. The summed E-state index contributed by atoms with van der Waals surface area (Å²) in [6.45, 7) is 0. The largest absolute Gasteiger partial charge is 0.207 e. The van der Waals surface area contributed by atoms with Crippen molar-refractivity contribution in [3.05, 3.63) is 36.1 Å². The fraction of sp³-hybridized carbons (Fsp3) is 0. The molecule has 0 heterocycles. The molecule has 0 nitrogen and oxygen atoms in total. The zero-order valence-corrected chi connectivity index (χ0v) is 7.44. The Bertz CT molecular complexity index is 143. The molecule has 10 heavy (non-hydrogen) atoms. The molecule has 0 unspecified atom stereocenters. The van der Waals surface area contributed by atoms with Crippen LogP contribution in [0, 0.1) is 5.82 Å². The number of halogens is 4. The van der Waals surface area contributed by atoms with Crippen molar-refractivity contribution in [1.82, 2.24) is 0 Å². The highest BCUT2D eigenvalue weighted by molar-refractivity contribution is 5.86. The number of rotatable bonds is 0. The predicted octanol–water partition coefficient (Wildman–Crippen LogP) is 3.09. The highest BCUT2D eigenvalue weighted by Gasteiger charge is 1.77. The van der Waals surface area contributed by atoms with Crippen molar-refractivity contribution in [3.8, 4) is 0 Å². The second-order valence-electron chi connectivity index (χ2n) is 1.30. The third kappa shape index (κ3) is 6.14. The van der Waals surface area contributed by atoms with Gasteiger partial charge in [-0.1, -0.05) is 18.2 Å². The summed E-state index contributed by atoms with van der Waals surface area (Å²) in [7, 11) is 0. The standard InChI is InChI=1S/C6H5F.3ClH/c7-6-4-2-1-3-5-6;;;/h1-5H;3*1H. The second-order valence-corrected chi connectivity index (χ2v) is 1.30. The molecule has 1 rings (SSSR count). The first-order valence-corrected chi connectivity index (χ1v) is 2.10. The molecule has 0 aliphatic rings. The average Bonchev–Trinajstić information content (AvgIpc) is 1.69. The first-order chi connectivity index (χ1) is 3.39. The van der Waals surface area contributed by atoms with E-state index >= 15 is 0 Å². The van der Waals surface area contributed by atoms with Gasteiger partial charge < -0.3 is 0 Å². The molecule has 0 spiro atoms. The van der Waals surface area contributed by atoms with Gasteiger partial charge in [-0.05, 0) is 12.1 Å². The van der Waals surface area contributed by atoms with Gasteiger partial charge in [-0.15, -0.1) is 37.2 Å². The van der Waals surface area contributed by atoms with E-state index in [4.69, 9.17) is 0 Å². The van der Waals surface area contributed by atoms with Gasteiger partial charge in [-0.3, -0.25) is 0 Å². The third-order valence-corrected chi connectivity index (χ3v) is 0.733. The fourth-order valence-electron chi connectivity index (χ4n) is 0.415. The summed E-state index contributed by atoms with van der Waals surface area (Å²) in [4.78, 5) is 0. The van der Waals surface area contributed by atoms with Crippen LogP contribution in [0.3, 0.4) is 0 Å². The minimum atomic E-state index is -0.178. The summed E-state index contributed by atoms with van der Waals surface area (Å²) in [5, 5.41) is 0. The van der Waals surface area contributed by atoms with E-state index in [1.165, 1.54) is 12.1 Å². The summed E-state index contributed by atoms with van der Waals surface area (Å²) in [6.07, 6.45) is 0. The lowest BCUT2D eigenvalue weighted by Crippen LogP contribution is -1.63. The van der Waals surface area contributed by atoms with Crippen molar-refractivity contribution in [2.75, 3.05) is 0 Å². The van der Waals surface area contributed by atoms with Crippen LogP contribution < -0.4 is 0 Å². The van der Waals surface area contributed by atoms with E-state index in [0.29, 0.717) is 0 Å². The molecule has 1 aromatic carbocycles. The van der Waals surface area contributed by atoms with E-state index in [1.54, 1.807) is 18.2 Å². The Hall–Kier alpha value is 0.0200. The summed E-state index contributed by atoms with van der Waals surface area (Å²) in [6, 6.07) is 7.94. The Morgan fingerprint density at radius 3 is 1.40 bits per heavy atom. The van der Waals surface area contributed by atoms with Gasteiger partial charge >= 0.3 is 0 Å². The molecule has 0 atom stereocenters. The Labute approximate surface area is 78.1 Å². The summed E-state index contributed by atoms with van der Waals surface area (Å²) in [5.74, 6) is -0.178. The molecule has 0 amide bonds. The molecule has 0 bridgehead atoms. The van der Waals surface area contributed by atoms with Gasteiger partial charge in [0.1, 0.15) is 5.82 Å². The van der Waals surface area contributed by atoms with Crippen LogP contribution in [0.15, 0.2) is 30.3 Å². The van der Waals surface area contributed by atoms with Crippen LogP contribution in [0.4, 0.5) is 4.39 Å². The van der Waals surface area contributed by atoms with Crippen molar-refractivity contribution in [2.45, 2.75) is 0 Å². The molecule has 0 radical (unpaired) electrons. The third-order valence-electron chi connectivity index (χ3n) is 0.733. The molecule has 0 fully saturated rings. The van der Waals surface area contributed by atoms with Crippen LogP contribution in [-0.2, 0) is 0 Å². The predicted molar refractivity (Wildman–Crippen MR) is 48.1 cm³/mol. The van der Waals surface area contributed by atoms with Gasteiger partial charge in [-0.25, -0.2) is 4.39 Å². The lowest BCUT2D eigenvalue weighted by atomic mass is 10.4. The molecule has 4 heteroatoms. The maximum absolute atomic E-state index is 11.9. The Morgan fingerprint density at radius 1 is 0.800 bits per heavy atom. The first kappa shape index (κ1) is 16.5. The average molecular weight is 205 g/mol. The minimum Gasteiger partial charge on any atom is -0.207 e. The number of benzene rings is 1. The van der Waals surface area contributed by atoms with Crippen molar-refractivity contribution in [1.29, 1.82) is 0 Å². The maximum Gasteiger partial charge on any atom is 0.123 e. The summed E-state index contributed by atoms with van der Waals surface area (Å²) in [5.41, 5.74) is 0. The van der Waals surface area contributed by atoms with Crippen molar-refractivity contribution < 1.29 is 4.39 Å². The monoisotopic (exact) mass is 204 g/mol.